The van der Waals surface area contributed by atoms with E-state index in [2.05, 4.69) is 10.2 Å². The average molecular weight is 257 g/mol. The molecule has 0 aromatic carbocycles. The number of carbonyl (C=O) groups is 1. The minimum Gasteiger partial charge on any atom is -0.384 e. The molecule has 0 aliphatic carbocycles. The van der Waals surface area contributed by atoms with E-state index in [1.54, 1.807) is 7.11 Å². The molecule has 5 heteroatoms. The van der Waals surface area contributed by atoms with Crippen molar-refractivity contribution in [3.8, 4) is 0 Å². The zero-order valence-electron chi connectivity index (χ0n) is 11.8. The summed E-state index contributed by atoms with van der Waals surface area (Å²) in [7, 11) is 1.75. The number of piperidine rings is 1. The number of amides is 1. The van der Waals surface area contributed by atoms with Crippen molar-refractivity contribution in [1.29, 1.82) is 0 Å². The van der Waals surface area contributed by atoms with E-state index in [0.717, 1.165) is 32.5 Å². The van der Waals surface area contributed by atoms with E-state index in [4.69, 9.17) is 10.5 Å². The normalized spacial score (nSPS) is 20.2. The number of primary amides is 1. The average Bonchev–Trinajstić information content (AvgIpc) is 2.30. The summed E-state index contributed by atoms with van der Waals surface area (Å²) < 4.78 is 5.18. The molecule has 0 bridgehead atoms. The van der Waals surface area contributed by atoms with E-state index in [-0.39, 0.29) is 18.0 Å². The van der Waals surface area contributed by atoms with Crippen molar-refractivity contribution < 1.29 is 9.53 Å². The van der Waals surface area contributed by atoms with Crippen molar-refractivity contribution in [3.05, 3.63) is 0 Å². The van der Waals surface area contributed by atoms with Crippen molar-refractivity contribution in [1.82, 2.24) is 10.2 Å². The number of hydrogen-bond donors (Lipinski definition) is 2. The molecule has 1 aliphatic heterocycles. The van der Waals surface area contributed by atoms with Crippen LogP contribution in [-0.4, -0.2) is 56.2 Å². The first kappa shape index (κ1) is 15.4. The van der Waals surface area contributed by atoms with Crippen molar-refractivity contribution in [2.45, 2.75) is 38.8 Å². The summed E-state index contributed by atoms with van der Waals surface area (Å²) in [6.45, 7) is 7.67. The van der Waals surface area contributed by atoms with Crippen molar-refractivity contribution >= 4 is 5.91 Å². The Morgan fingerprint density at radius 3 is 2.50 bits per heavy atom. The molecule has 1 heterocycles. The van der Waals surface area contributed by atoms with E-state index in [1.807, 2.05) is 13.8 Å². The third-order valence-corrected chi connectivity index (χ3v) is 3.43. The summed E-state index contributed by atoms with van der Waals surface area (Å²) in [5, 5.41) is 3.22. The maximum Gasteiger partial charge on any atom is 0.235 e. The van der Waals surface area contributed by atoms with Crippen LogP contribution < -0.4 is 11.1 Å². The molecule has 0 aromatic heterocycles. The second-order valence-electron chi connectivity index (χ2n) is 5.48. The van der Waals surface area contributed by atoms with Gasteiger partial charge in [0, 0.05) is 26.3 Å². The van der Waals surface area contributed by atoms with Gasteiger partial charge in [-0.15, -0.1) is 0 Å². The molecule has 1 amide bonds. The Labute approximate surface area is 110 Å². The fourth-order valence-electron chi connectivity index (χ4n) is 2.46. The van der Waals surface area contributed by atoms with Gasteiger partial charge in [0.25, 0.3) is 0 Å². The van der Waals surface area contributed by atoms with E-state index in [9.17, 15) is 4.79 Å². The topological polar surface area (TPSA) is 67.6 Å². The van der Waals surface area contributed by atoms with Gasteiger partial charge in [-0.1, -0.05) is 13.8 Å². The number of nitrogens with zero attached hydrogens (tertiary/aromatic N) is 1. The van der Waals surface area contributed by atoms with E-state index in [1.165, 1.54) is 0 Å². The fourth-order valence-corrected chi connectivity index (χ4v) is 2.46. The smallest absolute Gasteiger partial charge is 0.235 e. The molecule has 0 spiro atoms. The number of methoxy groups -OCH3 is 1. The number of ether oxygens (including phenoxy) is 1. The van der Waals surface area contributed by atoms with Crippen molar-refractivity contribution in [3.63, 3.8) is 0 Å². The molecule has 0 saturated carbocycles. The SMILES string of the molecule is COCC1CCN(CC(NC(C)C)C(N)=O)CC1. The molecule has 1 rings (SSSR count). The molecule has 1 fully saturated rings. The van der Waals surface area contributed by atoms with Gasteiger partial charge in [-0.3, -0.25) is 4.79 Å². The van der Waals surface area contributed by atoms with Gasteiger partial charge >= 0.3 is 0 Å². The number of carbonyl (C=O) groups excluding carboxylic acids is 1. The van der Waals surface area contributed by atoms with Gasteiger partial charge in [-0.2, -0.15) is 0 Å². The highest BCUT2D eigenvalue weighted by atomic mass is 16.5. The first-order valence-corrected chi connectivity index (χ1v) is 6.79. The first-order valence-electron chi connectivity index (χ1n) is 6.79. The maximum atomic E-state index is 11.4. The number of rotatable bonds is 7. The number of nitrogens with one attached hydrogen (secondary N) is 1. The van der Waals surface area contributed by atoms with Crippen molar-refractivity contribution in [2.75, 3.05) is 33.4 Å². The Morgan fingerprint density at radius 2 is 2.06 bits per heavy atom. The molecule has 18 heavy (non-hydrogen) atoms. The standard InChI is InChI=1S/C13H27N3O2/c1-10(2)15-12(13(14)17)8-16-6-4-11(5-7-16)9-18-3/h10-12,15H,4-9H2,1-3H3,(H2,14,17). The molecule has 1 atom stereocenters. The molecule has 3 N–H and O–H groups in total. The maximum absolute atomic E-state index is 11.4. The molecule has 1 aliphatic rings. The predicted molar refractivity (Wildman–Crippen MR) is 72.3 cm³/mol. The lowest BCUT2D eigenvalue weighted by atomic mass is 9.97. The zero-order valence-corrected chi connectivity index (χ0v) is 11.8. The van der Waals surface area contributed by atoms with Gasteiger partial charge in [-0.25, -0.2) is 0 Å². The molecular weight excluding hydrogens is 230 g/mol. The highest BCUT2D eigenvalue weighted by molar-refractivity contribution is 5.80. The Kier molecular flexibility index (Phi) is 6.60. The lowest BCUT2D eigenvalue weighted by Gasteiger charge is -2.34. The second kappa shape index (κ2) is 7.71. The highest BCUT2D eigenvalue weighted by Crippen LogP contribution is 2.17. The second-order valence-corrected chi connectivity index (χ2v) is 5.48. The third-order valence-electron chi connectivity index (χ3n) is 3.43. The first-order chi connectivity index (χ1) is 8.52. The Bertz CT molecular complexity index is 251. The number of nitrogens with two attached hydrogens (primary N) is 1. The van der Waals surface area contributed by atoms with Crippen LogP contribution in [0.1, 0.15) is 26.7 Å². The third kappa shape index (κ3) is 5.33. The van der Waals surface area contributed by atoms with Gasteiger partial charge in [0.15, 0.2) is 0 Å². The summed E-state index contributed by atoms with van der Waals surface area (Å²) in [5.41, 5.74) is 5.43. The monoisotopic (exact) mass is 257 g/mol. The van der Waals surface area contributed by atoms with Crippen LogP contribution in [0.2, 0.25) is 0 Å². The van der Waals surface area contributed by atoms with Crippen LogP contribution >= 0.6 is 0 Å². The van der Waals surface area contributed by atoms with E-state index < -0.39 is 0 Å². The number of hydrogen-bond acceptors (Lipinski definition) is 4. The highest BCUT2D eigenvalue weighted by Gasteiger charge is 2.24. The van der Waals surface area contributed by atoms with Gasteiger partial charge < -0.3 is 20.7 Å². The minimum absolute atomic E-state index is 0.246. The van der Waals surface area contributed by atoms with Crippen LogP contribution in [0.4, 0.5) is 0 Å². The summed E-state index contributed by atoms with van der Waals surface area (Å²) in [6, 6.07) is 0.0255. The summed E-state index contributed by atoms with van der Waals surface area (Å²) in [4.78, 5) is 13.7. The van der Waals surface area contributed by atoms with Crippen LogP contribution in [0.3, 0.4) is 0 Å². The lowest BCUT2D eigenvalue weighted by molar-refractivity contribution is -0.120. The van der Waals surface area contributed by atoms with Crippen LogP contribution in [0.25, 0.3) is 0 Å². The Balaban J connectivity index is 2.35. The molecular formula is C13H27N3O2. The van der Waals surface area contributed by atoms with Crippen LogP contribution in [0, 0.1) is 5.92 Å². The van der Waals surface area contributed by atoms with Crippen LogP contribution in [-0.2, 0) is 9.53 Å². The van der Waals surface area contributed by atoms with Gasteiger partial charge in [-0.05, 0) is 31.8 Å². The molecule has 0 aromatic rings. The lowest BCUT2D eigenvalue weighted by Crippen LogP contribution is -2.52. The molecule has 5 nitrogen and oxygen atoms in total. The summed E-state index contributed by atoms with van der Waals surface area (Å²) in [6.07, 6.45) is 2.28. The van der Waals surface area contributed by atoms with Crippen LogP contribution in [0.15, 0.2) is 0 Å². The fraction of sp³-hybridized carbons (Fsp3) is 0.923. The minimum atomic E-state index is -0.261. The largest absolute Gasteiger partial charge is 0.384 e. The zero-order chi connectivity index (χ0) is 13.5. The summed E-state index contributed by atoms with van der Waals surface area (Å²) in [5.74, 6) is 0.402. The molecule has 1 saturated heterocycles. The van der Waals surface area contributed by atoms with Crippen molar-refractivity contribution in [2.24, 2.45) is 11.7 Å². The molecule has 0 radical (unpaired) electrons. The number of likely N-dealkylation sites (tertiary alicyclic amines) is 1. The van der Waals surface area contributed by atoms with Gasteiger partial charge in [0.2, 0.25) is 5.91 Å². The predicted octanol–water partition coefficient (Wildman–Crippen LogP) is 0.197. The van der Waals surface area contributed by atoms with Gasteiger partial charge in [0.05, 0.1) is 6.04 Å². The molecule has 106 valence electrons. The van der Waals surface area contributed by atoms with Crippen LogP contribution in [0.5, 0.6) is 0 Å². The van der Waals surface area contributed by atoms with E-state index >= 15 is 0 Å². The Hall–Kier alpha value is -0.650. The molecule has 1 unspecified atom stereocenters. The quantitative estimate of drug-likeness (QED) is 0.683. The summed E-state index contributed by atoms with van der Waals surface area (Å²) >= 11 is 0. The Morgan fingerprint density at radius 1 is 1.44 bits per heavy atom. The van der Waals surface area contributed by atoms with E-state index in [0.29, 0.717) is 12.5 Å². The van der Waals surface area contributed by atoms with Gasteiger partial charge in [0.1, 0.15) is 0 Å².